The first-order valence-electron chi connectivity index (χ1n) is 5.92. The summed E-state index contributed by atoms with van der Waals surface area (Å²) >= 11 is 3.78. The van der Waals surface area contributed by atoms with Gasteiger partial charge in [-0.2, -0.15) is 0 Å². The molecular weight excluding hydrogens is 272 g/mol. The van der Waals surface area contributed by atoms with Crippen LogP contribution in [0.25, 0.3) is 0 Å². The van der Waals surface area contributed by atoms with Crippen LogP contribution in [-0.4, -0.2) is 0 Å². The number of hydrogen-bond acceptors (Lipinski definition) is 0. The Balaban J connectivity index is 2.14. The average Bonchev–Trinajstić information content (AvgIpc) is 2.34. The fourth-order valence-electron chi connectivity index (χ4n) is 1.90. The quantitative estimate of drug-likeness (QED) is 0.699. The molecule has 2 aromatic carbocycles. The third-order valence-electron chi connectivity index (χ3n) is 3.15. The number of benzene rings is 2. The van der Waals surface area contributed by atoms with Gasteiger partial charge < -0.3 is 0 Å². The van der Waals surface area contributed by atoms with Crippen LogP contribution in [0.3, 0.4) is 0 Å². The molecule has 0 aliphatic heterocycles. The van der Waals surface area contributed by atoms with Gasteiger partial charge in [0.2, 0.25) is 0 Å². The molecule has 0 aromatic heterocycles. The molecule has 1 atom stereocenters. The summed E-state index contributed by atoms with van der Waals surface area (Å²) in [6, 6.07) is 17.3. The monoisotopic (exact) mass is 288 g/mol. The molecular formula is C16H17Br. The van der Waals surface area contributed by atoms with Crippen LogP contribution in [0.1, 0.15) is 27.1 Å². The van der Waals surface area contributed by atoms with Gasteiger partial charge in [-0.25, -0.2) is 0 Å². The Hall–Kier alpha value is -1.08. The summed E-state index contributed by atoms with van der Waals surface area (Å²) in [6.45, 7) is 4.32. The zero-order chi connectivity index (χ0) is 12.3. The van der Waals surface area contributed by atoms with Crippen molar-refractivity contribution in [2.45, 2.75) is 25.1 Å². The highest BCUT2D eigenvalue weighted by molar-refractivity contribution is 9.09. The number of rotatable bonds is 3. The second-order valence-electron chi connectivity index (χ2n) is 4.50. The van der Waals surface area contributed by atoms with E-state index in [1.54, 1.807) is 0 Å². The first-order valence-corrected chi connectivity index (χ1v) is 6.83. The Bertz CT molecular complexity index is 488. The second-order valence-corrected chi connectivity index (χ2v) is 5.61. The molecule has 0 saturated heterocycles. The van der Waals surface area contributed by atoms with Gasteiger partial charge in [0.05, 0.1) is 0 Å². The van der Waals surface area contributed by atoms with Crippen LogP contribution in [0.4, 0.5) is 0 Å². The van der Waals surface area contributed by atoms with Crippen LogP contribution in [0.2, 0.25) is 0 Å². The standard InChI is InChI=1S/C16H17Br/c1-12-8-9-15(10-13(12)2)16(17)11-14-6-4-3-5-7-14/h3-10,16H,11H2,1-2H3. The highest BCUT2D eigenvalue weighted by Gasteiger charge is 2.08. The fourth-order valence-corrected chi connectivity index (χ4v) is 2.56. The zero-order valence-corrected chi connectivity index (χ0v) is 11.9. The van der Waals surface area contributed by atoms with Gasteiger partial charge in [-0.3, -0.25) is 0 Å². The van der Waals surface area contributed by atoms with Crippen molar-refractivity contribution in [1.29, 1.82) is 0 Å². The molecule has 0 radical (unpaired) electrons. The molecule has 0 heterocycles. The Labute approximate surface area is 112 Å². The summed E-state index contributed by atoms with van der Waals surface area (Å²) in [5.41, 5.74) is 5.44. The summed E-state index contributed by atoms with van der Waals surface area (Å²) in [5.74, 6) is 0. The molecule has 2 rings (SSSR count). The topological polar surface area (TPSA) is 0 Å². The minimum Gasteiger partial charge on any atom is -0.0835 e. The predicted molar refractivity (Wildman–Crippen MR) is 77.7 cm³/mol. The minimum atomic E-state index is 0.393. The van der Waals surface area contributed by atoms with Crippen LogP contribution in [-0.2, 0) is 6.42 Å². The van der Waals surface area contributed by atoms with E-state index in [-0.39, 0.29) is 0 Å². The van der Waals surface area contributed by atoms with Crippen molar-refractivity contribution < 1.29 is 0 Å². The van der Waals surface area contributed by atoms with Crippen molar-refractivity contribution in [2.75, 3.05) is 0 Å². The molecule has 0 N–H and O–H groups in total. The molecule has 0 nitrogen and oxygen atoms in total. The Kier molecular flexibility index (Phi) is 4.01. The van der Waals surface area contributed by atoms with E-state index in [1.165, 1.54) is 22.3 Å². The lowest BCUT2D eigenvalue weighted by Crippen LogP contribution is -1.96. The van der Waals surface area contributed by atoms with E-state index in [0.29, 0.717) is 4.83 Å². The van der Waals surface area contributed by atoms with Crippen LogP contribution in [0.15, 0.2) is 48.5 Å². The molecule has 0 aliphatic rings. The lowest BCUT2D eigenvalue weighted by Gasteiger charge is -2.12. The van der Waals surface area contributed by atoms with Gasteiger partial charge >= 0.3 is 0 Å². The van der Waals surface area contributed by atoms with Gasteiger partial charge in [-0.15, -0.1) is 0 Å². The Morgan fingerprint density at radius 1 is 0.941 bits per heavy atom. The smallest absolute Gasteiger partial charge is 0.0435 e. The van der Waals surface area contributed by atoms with Gasteiger partial charge in [0.15, 0.2) is 0 Å². The van der Waals surface area contributed by atoms with Crippen LogP contribution >= 0.6 is 15.9 Å². The molecule has 1 unspecified atom stereocenters. The van der Waals surface area contributed by atoms with Crippen molar-refractivity contribution in [3.63, 3.8) is 0 Å². The normalized spacial score (nSPS) is 12.4. The molecule has 0 aliphatic carbocycles. The van der Waals surface area contributed by atoms with Gasteiger partial charge in [-0.05, 0) is 42.5 Å². The summed E-state index contributed by atoms with van der Waals surface area (Å²) in [6.07, 6.45) is 1.03. The second kappa shape index (κ2) is 5.50. The molecule has 0 spiro atoms. The summed E-state index contributed by atoms with van der Waals surface area (Å²) < 4.78 is 0. The van der Waals surface area contributed by atoms with E-state index in [4.69, 9.17) is 0 Å². The zero-order valence-electron chi connectivity index (χ0n) is 10.3. The lowest BCUT2D eigenvalue weighted by molar-refractivity contribution is 0.945. The van der Waals surface area contributed by atoms with Crippen LogP contribution in [0.5, 0.6) is 0 Å². The lowest BCUT2D eigenvalue weighted by atomic mass is 10.0. The number of halogens is 1. The van der Waals surface area contributed by atoms with Crippen molar-refractivity contribution >= 4 is 15.9 Å². The summed E-state index contributed by atoms with van der Waals surface area (Å²) in [4.78, 5) is 0.393. The van der Waals surface area contributed by atoms with E-state index < -0.39 is 0 Å². The molecule has 0 amide bonds. The molecule has 0 fully saturated rings. The first kappa shape index (κ1) is 12.4. The van der Waals surface area contributed by atoms with Gasteiger partial charge in [-0.1, -0.05) is 64.5 Å². The third kappa shape index (κ3) is 3.19. The number of hydrogen-bond donors (Lipinski definition) is 0. The van der Waals surface area contributed by atoms with E-state index in [0.717, 1.165) is 6.42 Å². The molecule has 0 saturated carbocycles. The van der Waals surface area contributed by atoms with Gasteiger partial charge in [0.25, 0.3) is 0 Å². The Morgan fingerprint density at radius 3 is 2.29 bits per heavy atom. The van der Waals surface area contributed by atoms with E-state index in [1.807, 2.05) is 0 Å². The van der Waals surface area contributed by atoms with Crippen molar-refractivity contribution in [1.82, 2.24) is 0 Å². The van der Waals surface area contributed by atoms with Crippen molar-refractivity contribution in [2.24, 2.45) is 0 Å². The minimum absolute atomic E-state index is 0.393. The van der Waals surface area contributed by atoms with Crippen molar-refractivity contribution in [3.05, 3.63) is 70.8 Å². The SMILES string of the molecule is Cc1ccc(C(Br)Cc2ccccc2)cc1C. The summed E-state index contributed by atoms with van der Waals surface area (Å²) in [7, 11) is 0. The molecule has 2 aromatic rings. The van der Waals surface area contributed by atoms with E-state index in [9.17, 15) is 0 Å². The van der Waals surface area contributed by atoms with Crippen LogP contribution in [0, 0.1) is 13.8 Å². The van der Waals surface area contributed by atoms with E-state index >= 15 is 0 Å². The van der Waals surface area contributed by atoms with Gasteiger partial charge in [0, 0.05) is 4.83 Å². The number of aryl methyl sites for hydroxylation is 2. The maximum Gasteiger partial charge on any atom is 0.0435 e. The largest absolute Gasteiger partial charge is 0.0835 e. The molecule has 88 valence electrons. The maximum atomic E-state index is 3.78. The van der Waals surface area contributed by atoms with Crippen LogP contribution < -0.4 is 0 Å². The predicted octanol–water partition coefficient (Wildman–Crippen LogP) is 4.98. The average molecular weight is 289 g/mol. The molecule has 0 bridgehead atoms. The fraction of sp³-hybridized carbons (Fsp3) is 0.250. The highest BCUT2D eigenvalue weighted by Crippen LogP contribution is 2.28. The Morgan fingerprint density at radius 2 is 1.65 bits per heavy atom. The third-order valence-corrected chi connectivity index (χ3v) is 4.00. The summed E-state index contributed by atoms with van der Waals surface area (Å²) in [5, 5.41) is 0. The molecule has 17 heavy (non-hydrogen) atoms. The van der Waals surface area contributed by atoms with Gasteiger partial charge in [0.1, 0.15) is 0 Å². The highest BCUT2D eigenvalue weighted by atomic mass is 79.9. The van der Waals surface area contributed by atoms with Crippen molar-refractivity contribution in [3.8, 4) is 0 Å². The number of alkyl halides is 1. The molecule has 1 heteroatoms. The maximum absolute atomic E-state index is 3.78. The van der Waals surface area contributed by atoms with E-state index in [2.05, 4.69) is 78.3 Å². The first-order chi connectivity index (χ1) is 8.16.